The Labute approximate surface area is 188 Å². The van der Waals surface area contributed by atoms with E-state index in [2.05, 4.69) is 20.3 Å². The fourth-order valence-electron chi connectivity index (χ4n) is 5.00. The van der Waals surface area contributed by atoms with Crippen molar-refractivity contribution in [1.29, 1.82) is 0 Å². The summed E-state index contributed by atoms with van der Waals surface area (Å²) in [6, 6.07) is 1.93. The van der Waals surface area contributed by atoms with Crippen LogP contribution in [0.5, 0.6) is 5.75 Å². The molecule has 0 amide bonds. The zero-order chi connectivity index (χ0) is 24.3. The molecule has 1 aliphatic heterocycles. The predicted molar refractivity (Wildman–Crippen MR) is 104 cm³/mol. The van der Waals surface area contributed by atoms with Crippen molar-refractivity contribution in [2.24, 2.45) is 17.8 Å². The van der Waals surface area contributed by atoms with Gasteiger partial charge < -0.3 is 14.1 Å². The van der Waals surface area contributed by atoms with Crippen LogP contribution in [0.3, 0.4) is 0 Å². The average molecular weight is 490 g/mol. The zero-order valence-corrected chi connectivity index (χ0v) is 17.9. The van der Waals surface area contributed by atoms with Gasteiger partial charge in [0.15, 0.2) is 23.8 Å². The standard InChI is InChI=1S/C20H20F6N6O2/c1-10-28-29-18(34-10)31-7-11-2-3-12(8-31)13(11)6-16-27-17-14(33-9-19(21,22)23)4-5-15(20(24,25)26)32(17)30-16/h4-5,11-13H,2-3,6-9H2,1H3/t11-,12+,13?. The molecule has 2 fully saturated rings. The molecule has 3 aromatic heterocycles. The third kappa shape index (κ3) is 4.37. The summed E-state index contributed by atoms with van der Waals surface area (Å²) in [5, 5.41) is 11.9. The first kappa shape index (κ1) is 22.7. The van der Waals surface area contributed by atoms with Gasteiger partial charge in [0.2, 0.25) is 5.89 Å². The van der Waals surface area contributed by atoms with Crippen molar-refractivity contribution in [3.05, 3.63) is 29.5 Å². The summed E-state index contributed by atoms with van der Waals surface area (Å²) in [7, 11) is 0. The molecule has 3 aromatic rings. The second-order valence-electron chi connectivity index (χ2n) is 8.72. The summed E-state index contributed by atoms with van der Waals surface area (Å²) in [6.07, 6.45) is -7.24. The van der Waals surface area contributed by atoms with Gasteiger partial charge in [0, 0.05) is 26.4 Å². The van der Waals surface area contributed by atoms with Crippen molar-refractivity contribution in [2.75, 3.05) is 24.6 Å². The van der Waals surface area contributed by atoms with Crippen LogP contribution in [0.25, 0.3) is 5.65 Å². The number of hydrogen-bond acceptors (Lipinski definition) is 7. The Bertz CT molecular complexity index is 1170. The number of hydrogen-bond donors (Lipinski definition) is 0. The molecule has 1 saturated carbocycles. The first-order valence-corrected chi connectivity index (χ1v) is 10.7. The SMILES string of the molecule is Cc1nnc(N2C[C@H]3CC[C@@H](C2)C3Cc2nc3c(OCC(F)(F)F)ccc(C(F)(F)F)n3n2)o1. The van der Waals surface area contributed by atoms with Gasteiger partial charge in [-0.1, -0.05) is 5.10 Å². The van der Waals surface area contributed by atoms with Gasteiger partial charge in [0.05, 0.1) is 0 Å². The number of alkyl halides is 6. The maximum atomic E-state index is 13.5. The minimum absolute atomic E-state index is 0.117. The Hall–Kier alpha value is -3.06. The van der Waals surface area contributed by atoms with Crippen LogP contribution in [0.4, 0.5) is 32.4 Å². The largest absolute Gasteiger partial charge is 0.480 e. The molecule has 0 aromatic carbocycles. The lowest BCUT2D eigenvalue weighted by Crippen LogP contribution is -2.43. The molecule has 0 N–H and O–H groups in total. The van der Waals surface area contributed by atoms with Gasteiger partial charge in [-0.25, -0.2) is 9.50 Å². The molecule has 2 bridgehead atoms. The van der Waals surface area contributed by atoms with Gasteiger partial charge in [-0.15, -0.1) is 5.10 Å². The van der Waals surface area contributed by atoms with Gasteiger partial charge in [0.1, 0.15) is 5.69 Å². The number of nitrogens with zero attached hydrogens (tertiary/aromatic N) is 6. The van der Waals surface area contributed by atoms with E-state index in [0.29, 0.717) is 42.0 Å². The number of fused-ring (bicyclic) bond motifs is 3. The summed E-state index contributed by atoms with van der Waals surface area (Å²) < 4.78 is 89.1. The Morgan fingerprint density at radius 2 is 1.76 bits per heavy atom. The lowest BCUT2D eigenvalue weighted by molar-refractivity contribution is -0.153. The van der Waals surface area contributed by atoms with Gasteiger partial charge in [-0.3, -0.25) is 0 Å². The second-order valence-corrected chi connectivity index (χ2v) is 8.72. The molecule has 0 spiro atoms. The van der Waals surface area contributed by atoms with Crippen molar-refractivity contribution in [2.45, 2.75) is 38.5 Å². The molecule has 0 radical (unpaired) electrons. The molecule has 14 heteroatoms. The predicted octanol–water partition coefficient (Wildman–Crippen LogP) is 4.09. The van der Waals surface area contributed by atoms with Crippen LogP contribution < -0.4 is 9.64 Å². The molecule has 3 atom stereocenters. The third-order valence-corrected chi connectivity index (χ3v) is 6.41. The van der Waals surface area contributed by atoms with E-state index in [-0.39, 0.29) is 29.2 Å². The monoisotopic (exact) mass is 490 g/mol. The minimum atomic E-state index is -4.77. The van der Waals surface area contributed by atoms with Crippen molar-refractivity contribution in [1.82, 2.24) is 24.8 Å². The Balaban J connectivity index is 1.41. The fraction of sp³-hybridized carbons (Fsp3) is 0.600. The number of rotatable bonds is 5. The minimum Gasteiger partial charge on any atom is -0.480 e. The Kier molecular flexibility index (Phi) is 5.35. The van der Waals surface area contributed by atoms with E-state index in [1.165, 1.54) is 0 Å². The number of aryl methyl sites for hydroxylation is 1. The topological polar surface area (TPSA) is 81.6 Å². The van der Waals surface area contributed by atoms with E-state index < -0.39 is 30.4 Å². The summed E-state index contributed by atoms with van der Waals surface area (Å²) in [5.41, 5.74) is -1.52. The van der Waals surface area contributed by atoms with Crippen LogP contribution >= 0.6 is 0 Å². The van der Waals surface area contributed by atoms with E-state index in [1.54, 1.807) is 6.92 Å². The lowest BCUT2D eigenvalue weighted by atomic mass is 9.82. The van der Waals surface area contributed by atoms with Crippen LogP contribution in [-0.2, 0) is 12.6 Å². The van der Waals surface area contributed by atoms with Crippen molar-refractivity contribution >= 4 is 11.7 Å². The number of pyridine rings is 1. The van der Waals surface area contributed by atoms with Crippen LogP contribution in [0, 0.1) is 24.7 Å². The average Bonchev–Trinajstić information content (AvgIpc) is 3.41. The number of halogens is 6. The van der Waals surface area contributed by atoms with Crippen molar-refractivity contribution in [3.63, 3.8) is 0 Å². The Morgan fingerprint density at radius 1 is 1.06 bits per heavy atom. The summed E-state index contributed by atoms with van der Waals surface area (Å²) in [5.74, 6) is 0.751. The smallest absolute Gasteiger partial charge is 0.433 e. The normalized spacial score (nSPS) is 23.1. The zero-order valence-electron chi connectivity index (χ0n) is 17.9. The first-order valence-electron chi connectivity index (χ1n) is 10.7. The molecule has 4 heterocycles. The second kappa shape index (κ2) is 8.01. The highest BCUT2D eigenvalue weighted by Gasteiger charge is 2.44. The fourth-order valence-corrected chi connectivity index (χ4v) is 5.00. The molecule has 2 aliphatic rings. The van der Waals surface area contributed by atoms with E-state index in [0.717, 1.165) is 18.9 Å². The summed E-state index contributed by atoms with van der Waals surface area (Å²) in [6.45, 7) is 1.37. The lowest BCUT2D eigenvalue weighted by Gasteiger charge is -2.36. The molecule has 1 unspecified atom stereocenters. The highest BCUT2D eigenvalue weighted by molar-refractivity contribution is 5.54. The molecule has 1 aliphatic carbocycles. The van der Waals surface area contributed by atoms with Gasteiger partial charge in [0.25, 0.3) is 0 Å². The molecule has 1 saturated heterocycles. The highest BCUT2D eigenvalue weighted by atomic mass is 19.4. The highest BCUT2D eigenvalue weighted by Crippen LogP contribution is 2.44. The maximum absolute atomic E-state index is 13.5. The number of piperidine rings is 1. The molecule has 34 heavy (non-hydrogen) atoms. The molecule has 8 nitrogen and oxygen atoms in total. The summed E-state index contributed by atoms with van der Waals surface area (Å²) in [4.78, 5) is 6.18. The summed E-state index contributed by atoms with van der Waals surface area (Å²) >= 11 is 0. The van der Waals surface area contributed by atoms with E-state index >= 15 is 0 Å². The van der Waals surface area contributed by atoms with E-state index in [9.17, 15) is 26.3 Å². The van der Waals surface area contributed by atoms with Gasteiger partial charge in [-0.2, -0.15) is 31.4 Å². The molecule has 5 rings (SSSR count). The molecular formula is C20H20F6N6O2. The van der Waals surface area contributed by atoms with Crippen LogP contribution in [0.2, 0.25) is 0 Å². The van der Waals surface area contributed by atoms with Gasteiger partial charge >= 0.3 is 18.4 Å². The van der Waals surface area contributed by atoms with E-state index in [1.807, 2.05) is 4.90 Å². The van der Waals surface area contributed by atoms with Crippen LogP contribution in [-0.4, -0.2) is 50.7 Å². The van der Waals surface area contributed by atoms with Crippen molar-refractivity contribution in [3.8, 4) is 5.75 Å². The van der Waals surface area contributed by atoms with Crippen LogP contribution in [0.15, 0.2) is 16.5 Å². The van der Waals surface area contributed by atoms with E-state index in [4.69, 9.17) is 9.15 Å². The maximum Gasteiger partial charge on any atom is 0.433 e. The number of aromatic nitrogens is 5. The van der Waals surface area contributed by atoms with Crippen LogP contribution in [0.1, 0.15) is 30.3 Å². The molecule has 184 valence electrons. The quantitative estimate of drug-likeness (QED) is 0.499. The van der Waals surface area contributed by atoms with Gasteiger partial charge in [-0.05, 0) is 42.7 Å². The Morgan fingerprint density at radius 3 is 2.35 bits per heavy atom. The number of anilines is 1. The number of ether oxygens (including phenoxy) is 1. The third-order valence-electron chi connectivity index (χ3n) is 6.41. The molecular weight excluding hydrogens is 470 g/mol. The van der Waals surface area contributed by atoms with Crippen molar-refractivity contribution < 1.29 is 35.5 Å². The first-order chi connectivity index (χ1) is 16.0.